The molecule has 1 saturated heterocycles. The van der Waals surface area contributed by atoms with Crippen molar-refractivity contribution in [3.8, 4) is 0 Å². The van der Waals surface area contributed by atoms with Crippen LogP contribution >= 0.6 is 0 Å². The van der Waals surface area contributed by atoms with Gasteiger partial charge in [-0.1, -0.05) is 17.3 Å². The van der Waals surface area contributed by atoms with E-state index in [0.29, 0.717) is 24.4 Å². The number of rotatable bonds is 5. The zero-order valence-corrected chi connectivity index (χ0v) is 14.1. The maximum atomic E-state index is 11.4. The van der Waals surface area contributed by atoms with E-state index < -0.39 is 0 Å². The Morgan fingerprint density at radius 2 is 2.21 bits per heavy atom. The summed E-state index contributed by atoms with van der Waals surface area (Å²) in [4.78, 5) is 13.1. The lowest BCUT2D eigenvalue weighted by Gasteiger charge is -2.19. The van der Waals surface area contributed by atoms with Gasteiger partial charge in [0.25, 0.3) is 5.69 Å². The summed E-state index contributed by atoms with van der Waals surface area (Å²) in [5.74, 6) is 0.775. The van der Waals surface area contributed by atoms with E-state index >= 15 is 0 Å². The third kappa shape index (κ3) is 3.12. The molecule has 0 N–H and O–H groups in total. The summed E-state index contributed by atoms with van der Waals surface area (Å²) in [6.45, 7) is 7.38. The van der Waals surface area contributed by atoms with Crippen LogP contribution in [0.25, 0.3) is 0 Å². The van der Waals surface area contributed by atoms with E-state index in [0.717, 1.165) is 30.0 Å². The molecule has 1 atom stereocenters. The number of aryl methyl sites for hydroxylation is 3. The maximum absolute atomic E-state index is 11.4. The van der Waals surface area contributed by atoms with Gasteiger partial charge in [0, 0.05) is 24.2 Å². The summed E-state index contributed by atoms with van der Waals surface area (Å²) in [7, 11) is 0. The van der Waals surface area contributed by atoms with E-state index in [-0.39, 0.29) is 16.7 Å². The normalized spacial score (nSPS) is 17.5. The summed E-state index contributed by atoms with van der Waals surface area (Å²) < 4.78 is 11.1. The lowest BCUT2D eigenvalue weighted by atomic mass is 10.1. The third-order valence-corrected chi connectivity index (χ3v) is 4.53. The van der Waals surface area contributed by atoms with Crippen LogP contribution in [0.1, 0.15) is 29.0 Å². The molecule has 1 aromatic carbocycles. The molecule has 1 aromatic heterocycles. The van der Waals surface area contributed by atoms with E-state index in [4.69, 9.17) is 9.26 Å². The molecule has 3 rings (SSSR count). The van der Waals surface area contributed by atoms with Crippen LogP contribution < -0.4 is 4.90 Å². The molecule has 2 heterocycles. The zero-order chi connectivity index (χ0) is 17.3. The highest BCUT2D eigenvalue weighted by Crippen LogP contribution is 2.34. The van der Waals surface area contributed by atoms with Crippen LogP contribution in [0.15, 0.2) is 22.7 Å². The number of aromatic nitrogens is 1. The number of nitro benzene ring substituents is 1. The number of hydrogen-bond donors (Lipinski definition) is 0. The highest BCUT2D eigenvalue weighted by atomic mass is 16.6. The summed E-state index contributed by atoms with van der Waals surface area (Å²) in [5.41, 5.74) is 3.36. The Morgan fingerprint density at radius 1 is 1.42 bits per heavy atom. The van der Waals surface area contributed by atoms with Crippen LogP contribution in [0.4, 0.5) is 11.4 Å². The van der Waals surface area contributed by atoms with Gasteiger partial charge in [0.05, 0.1) is 23.3 Å². The number of nitro groups is 1. The first-order chi connectivity index (χ1) is 11.5. The van der Waals surface area contributed by atoms with Crippen molar-refractivity contribution >= 4 is 11.4 Å². The molecule has 1 fully saturated rings. The van der Waals surface area contributed by atoms with Crippen LogP contribution in [0, 0.1) is 30.9 Å². The first-order valence-electron chi connectivity index (χ1n) is 7.99. The minimum absolute atomic E-state index is 0.0406. The van der Waals surface area contributed by atoms with Gasteiger partial charge in [-0.15, -0.1) is 0 Å². The fraction of sp³-hybridized carbons (Fsp3) is 0.471. The van der Waals surface area contributed by atoms with Crippen molar-refractivity contribution in [1.29, 1.82) is 0 Å². The minimum Gasteiger partial charge on any atom is -0.371 e. The Hall–Kier alpha value is -2.41. The van der Waals surface area contributed by atoms with E-state index in [1.807, 2.05) is 30.9 Å². The highest BCUT2D eigenvalue weighted by molar-refractivity contribution is 5.67. The Kier molecular flexibility index (Phi) is 4.53. The Bertz CT molecular complexity index is 737. The number of anilines is 1. The van der Waals surface area contributed by atoms with Gasteiger partial charge in [0.1, 0.15) is 11.4 Å². The average Bonchev–Trinajstić information content (AvgIpc) is 3.12. The minimum atomic E-state index is -0.303. The smallest absolute Gasteiger partial charge is 0.295 e. The average molecular weight is 331 g/mol. The fourth-order valence-electron chi connectivity index (χ4n) is 3.13. The lowest BCUT2D eigenvalue weighted by Crippen LogP contribution is -2.23. The van der Waals surface area contributed by atoms with Crippen LogP contribution in [-0.4, -0.2) is 29.3 Å². The first kappa shape index (κ1) is 16.4. The van der Waals surface area contributed by atoms with Gasteiger partial charge >= 0.3 is 0 Å². The van der Waals surface area contributed by atoms with Crippen molar-refractivity contribution < 1.29 is 14.2 Å². The van der Waals surface area contributed by atoms with Gasteiger partial charge in [0.2, 0.25) is 0 Å². The van der Waals surface area contributed by atoms with Crippen molar-refractivity contribution in [3.63, 3.8) is 0 Å². The molecule has 24 heavy (non-hydrogen) atoms. The molecule has 7 nitrogen and oxygen atoms in total. The van der Waals surface area contributed by atoms with E-state index in [9.17, 15) is 10.1 Å². The van der Waals surface area contributed by atoms with Crippen molar-refractivity contribution in [2.24, 2.45) is 0 Å². The topological polar surface area (TPSA) is 81.6 Å². The van der Waals surface area contributed by atoms with E-state index in [2.05, 4.69) is 5.16 Å². The van der Waals surface area contributed by atoms with E-state index in [1.165, 1.54) is 0 Å². The summed E-state index contributed by atoms with van der Waals surface area (Å²) in [6.07, 6.45) is 0.882. The second kappa shape index (κ2) is 6.60. The van der Waals surface area contributed by atoms with Gasteiger partial charge in [0.15, 0.2) is 0 Å². The van der Waals surface area contributed by atoms with Crippen LogP contribution in [0.3, 0.4) is 0 Å². The van der Waals surface area contributed by atoms with Crippen LogP contribution in [-0.2, 0) is 11.3 Å². The quantitative estimate of drug-likeness (QED) is 0.617. The molecule has 2 aromatic rings. The van der Waals surface area contributed by atoms with Gasteiger partial charge in [-0.3, -0.25) is 10.1 Å². The SMILES string of the molecule is Cc1cccc(N2CCC(OCc3c(C)noc3C)C2)c1[N+](=O)[O-]. The molecule has 0 bridgehead atoms. The molecule has 1 aliphatic heterocycles. The molecular formula is C17H21N3O4. The summed E-state index contributed by atoms with van der Waals surface area (Å²) >= 11 is 0. The van der Waals surface area contributed by atoms with Gasteiger partial charge in [-0.2, -0.15) is 0 Å². The molecule has 0 saturated carbocycles. The monoisotopic (exact) mass is 331 g/mol. The Balaban J connectivity index is 1.68. The zero-order valence-electron chi connectivity index (χ0n) is 14.1. The van der Waals surface area contributed by atoms with Gasteiger partial charge in [-0.25, -0.2) is 0 Å². The second-order valence-corrected chi connectivity index (χ2v) is 6.17. The molecule has 7 heteroatoms. The predicted molar refractivity (Wildman–Crippen MR) is 89.2 cm³/mol. The third-order valence-electron chi connectivity index (χ3n) is 4.53. The Morgan fingerprint density at radius 3 is 2.88 bits per heavy atom. The Labute approximate surface area is 140 Å². The first-order valence-corrected chi connectivity index (χ1v) is 7.99. The molecule has 0 radical (unpaired) electrons. The second-order valence-electron chi connectivity index (χ2n) is 6.17. The van der Waals surface area contributed by atoms with Crippen molar-refractivity contribution in [2.75, 3.05) is 18.0 Å². The molecule has 128 valence electrons. The molecule has 0 spiro atoms. The molecule has 0 amide bonds. The number of para-hydroxylation sites is 1. The summed E-state index contributed by atoms with van der Waals surface area (Å²) in [6, 6.07) is 5.43. The summed E-state index contributed by atoms with van der Waals surface area (Å²) in [5, 5.41) is 15.3. The molecule has 1 aliphatic rings. The number of nitrogens with zero attached hydrogens (tertiary/aromatic N) is 3. The van der Waals surface area contributed by atoms with Crippen molar-refractivity contribution in [3.05, 3.63) is 50.9 Å². The van der Waals surface area contributed by atoms with Crippen LogP contribution in [0.5, 0.6) is 0 Å². The number of hydrogen-bond acceptors (Lipinski definition) is 6. The van der Waals surface area contributed by atoms with Gasteiger partial charge < -0.3 is 14.2 Å². The molecule has 0 aliphatic carbocycles. The molecule has 1 unspecified atom stereocenters. The highest BCUT2D eigenvalue weighted by Gasteiger charge is 2.29. The van der Waals surface area contributed by atoms with Crippen molar-refractivity contribution in [1.82, 2.24) is 5.16 Å². The predicted octanol–water partition coefficient (Wildman–Crippen LogP) is 3.30. The maximum Gasteiger partial charge on any atom is 0.295 e. The lowest BCUT2D eigenvalue weighted by molar-refractivity contribution is -0.384. The number of benzene rings is 1. The molecular weight excluding hydrogens is 310 g/mol. The van der Waals surface area contributed by atoms with E-state index in [1.54, 1.807) is 13.0 Å². The fourth-order valence-corrected chi connectivity index (χ4v) is 3.13. The van der Waals surface area contributed by atoms with Crippen molar-refractivity contribution in [2.45, 2.75) is 39.9 Å². The number of ether oxygens (including phenoxy) is 1. The standard InChI is InChI=1S/C17H21N3O4/c1-11-5-4-6-16(17(11)20(21)22)19-8-7-14(9-19)23-10-15-12(2)18-24-13(15)3/h4-6,14H,7-10H2,1-3H3. The van der Waals surface area contributed by atoms with Crippen LogP contribution in [0.2, 0.25) is 0 Å². The largest absolute Gasteiger partial charge is 0.371 e. The van der Waals surface area contributed by atoms with Gasteiger partial charge in [-0.05, 0) is 33.3 Å².